The number of morpholine rings is 1. The summed E-state index contributed by atoms with van der Waals surface area (Å²) in [7, 11) is 0. The van der Waals surface area contributed by atoms with Crippen molar-refractivity contribution < 1.29 is 9.53 Å². The summed E-state index contributed by atoms with van der Waals surface area (Å²) < 4.78 is 7.13. The fraction of sp³-hybridized carbons (Fsp3) is 0.667. The lowest BCUT2D eigenvalue weighted by Crippen LogP contribution is -2.45. The summed E-state index contributed by atoms with van der Waals surface area (Å²) in [6.45, 7) is 4.83. The van der Waals surface area contributed by atoms with Gasteiger partial charge in [-0.3, -0.25) is 9.48 Å². The van der Waals surface area contributed by atoms with Crippen LogP contribution >= 0.6 is 0 Å². The summed E-state index contributed by atoms with van der Waals surface area (Å²) in [6.07, 6.45) is 4.08. The molecule has 1 amide bonds. The summed E-state index contributed by atoms with van der Waals surface area (Å²) >= 11 is 0. The van der Waals surface area contributed by atoms with E-state index in [-0.39, 0.29) is 18.0 Å². The maximum absolute atomic E-state index is 11.8. The second kappa shape index (κ2) is 6.51. The number of hydrogen-bond acceptors (Lipinski definition) is 4. The minimum atomic E-state index is 0.0534. The van der Waals surface area contributed by atoms with Gasteiger partial charge in [-0.15, -0.1) is 0 Å². The standard InChI is InChI=1S/C12H20N4O2/c1-10(8-16-5-2-3-14-16)15-12(17)7-11-9-18-6-4-13-11/h2-3,5,10-11,13H,4,6-9H2,1H3,(H,15,17). The summed E-state index contributed by atoms with van der Waals surface area (Å²) in [5, 5.41) is 10.3. The number of carbonyl (C=O) groups is 1. The minimum Gasteiger partial charge on any atom is -0.378 e. The van der Waals surface area contributed by atoms with Crippen molar-refractivity contribution in [1.29, 1.82) is 0 Å². The van der Waals surface area contributed by atoms with Crippen LogP contribution in [0, 0.1) is 0 Å². The first-order valence-electron chi connectivity index (χ1n) is 6.32. The van der Waals surface area contributed by atoms with Crippen LogP contribution in [0.5, 0.6) is 0 Å². The van der Waals surface area contributed by atoms with E-state index in [0.29, 0.717) is 19.6 Å². The molecule has 1 fully saturated rings. The number of amides is 1. The van der Waals surface area contributed by atoms with Gasteiger partial charge in [-0.2, -0.15) is 5.10 Å². The highest BCUT2D eigenvalue weighted by molar-refractivity contribution is 5.76. The SMILES string of the molecule is CC(Cn1cccn1)NC(=O)CC1COCCN1. The van der Waals surface area contributed by atoms with Gasteiger partial charge in [-0.1, -0.05) is 0 Å². The Bertz CT molecular complexity index is 360. The zero-order valence-corrected chi connectivity index (χ0v) is 10.6. The number of carbonyl (C=O) groups excluding carboxylic acids is 1. The third-order valence-corrected chi connectivity index (χ3v) is 2.86. The van der Waals surface area contributed by atoms with Gasteiger partial charge in [0.2, 0.25) is 5.91 Å². The average Bonchev–Trinajstić information content (AvgIpc) is 2.82. The fourth-order valence-electron chi connectivity index (χ4n) is 2.04. The van der Waals surface area contributed by atoms with Gasteiger partial charge in [0.1, 0.15) is 0 Å². The summed E-state index contributed by atoms with van der Waals surface area (Å²) in [6, 6.07) is 2.08. The molecule has 0 aliphatic carbocycles. The molecule has 2 N–H and O–H groups in total. The molecule has 0 saturated carbocycles. The number of aromatic nitrogens is 2. The lowest BCUT2D eigenvalue weighted by molar-refractivity contribution is -0.123. The summed E-state index contributed by atoms with van der Waals surface area (Å²) in [5.41, 5.74) is 0. The second-order valence-corrected chi connectivity index (χ2v) is 4.63. The summed E-state index contributed by atoms with van der Waals surface area (Å²) in [4.78, 5) is 11.8. The molecular weight excluding hydrogens is 232 g/mol. The highest BCUT2D eigenvalue weighted by Gasteiger charge is 2.17. The summed E-state index contributed by atoms with van der Waals surface area (Å²) in [5.74, 6) is 0.0534. The van der Waals surface area contributed by atoms with Gasteiger partial charge < -0.3 is 15.4 Å². The van der Waals surface area contributed by atoms with E-state index in [1.807, 2.05) is 23.9 Å². The van der Waals surface area contributed by atoms with Crippen LogP contribution in [0.4, 0.5) is 0 Å². The molecular formula is C12H20N4O2. The molecule has 100 valence electrons. The molecule has 2 heterocycles. The lowest BCUT2D eigenvalue weighted by atomic mass is 10.2. The van der Waals surface area contributed by atoms with Crippen LogP contribution in [0.25, 0.3) is 0 Å². The number of nitrogens with one attached hydrogen (secondary N) is 2. The van der Waals surface area contributed by atoms with Crippen molar-refractivity contribution in [2.75, 3.05) is 19.8 Å². The predicted molar refractivity (Wildman–Crippen MR) is 67.1 cm³/mol. The maximum Gasteiger partial charge on any atom is 0.221 e. The van der Waals surface area contributed by atoms with E-state index >= 15 is 0 Å². The van der Waals surface area contributed by atoms with Crippen LogP contribution in [-0.2, 0) is 16.1 Å². The molecule has 0 aromatic carbocycles. The van der Waals surface area contributed by atoms with Crippen molar-refractivity contribution >= 4 is 5.91 Å². The first-order chi connectivity index (χ1) is 8.74. The Morgan fingerprint density at radius 3 is 3.28 bits per heavy atom. The molecule has 2 rings (SSSR count). The first kappa shape index (κ1) is 13.0. The van der Waals surface area contributed by atoms with E-state index < -0.39 is 0 Å². The van der Waals surface area contributed by atoms with Gasteiger partial charge in [-0.05, 0) is 13.0 Å². The Kier molecular flexibility index (Phi) is 4.72. The molecule has 18 heavy (non-hydrogen) atoms. The van der Waals surface area contributed by atoms with Gasteiger partial charge in [0, 0.05) is 37.4 Å². The van der Waals surface area contributed by atoms with Crippen LogP contribution in [0.3, 0.4) is 0 Å². The van der Waals surface area contributed by atoms with Crippen molar-refractivity contribution in [3.8, 4) is 0 Å². The third kappa shape index (κ3) is 4.12. The normalized spacial score (nSPS) is 21.5. The first-order valence-corrected chi connectivity index (χ1v) is 6.32. The van der Waals surface area contributed by atoms with Crippen molar-refractivity contribution in [3.63, 3.8) is 0 Å². The zero-order chi connectivity index (χ0) is 12.8. The Morgan fingerprint density at radius 2 is 2.61 bits per heavy atom. The van der Waals surface area contributed by atoms with E-state index in [9.17, 15) is 4.79 Å². The molecule has 1 aromatic heterocycles. The van der Waals surface area contributed by atoms with Gasteiger partial charge in [0.25, 0.3) is 0 Å². The second-order valence-electron chi connectivity index (χ2n) is 4.63. The van der Waals surface area contributed by atoms with Crippen LogP contribution in [0.2, 0.25) is 0 Å². The monoisotopic (exact) mass is 252 g/mol. The molecule has 0 bridgehead atoms. The molecule has 6 heteroatoms. The smallest absolute Gasteiger partial charge is 0.221 e. The van der Waals surface area contributed by atoms with E-state index in [0.717, 1.165) is 13.2 Å². The topological polar surface area (TPSA) is 68.2 Å². The molecule has 1 aliphatic heterocycles. The van der Waals surface area contributed by atoms with Crippen molar-refractivity contribution in [2.45, 2.75) is 32.0 Å². The number of ether oxygens (including phenoxy) is 1. The zero-order valence-electron chi connectivity index (χ0n) is 10.6. The van der Waals surface area contributed by atoms with E-state index in [4.69, 9.17) is 4.74 Å². The van der Waals surface area contributed by atoms with E-state index in [2.05, 4.69) is 15.7 Å². The van der Waals surface area contributed by atoms with Crippen LogP contribution in [0.1, 0.15) is 13.3 Å². The van der Waals surface area contributed by atoms with E-state index in [1.54, 1.807) is 6.20 Å². The molecule has 2 unspecified atom stereocenters. The Balaban J connectivity index is 1.69. The largest absolute Gasteiger partial charge is 0.378 e. The van der Waals surface area contributed by atoms with Crippen molar-refractivity contribution in [3.05, 3.63) is 18.5 Å². The van der Waals surface area contributed by atoms with Crippen LogP contribution in [0.15, 0.2) is 18.5 Å². The molecule has 0 spiro atoms. The molecule has 1 aliphatic rings. The molecule has 1 aromatic rings. The van der Waals surface area contributed by atoms with Gasteiger partial charge in [0.15, 0.2) is 0 Å². The molecule has 6 nitrogen and oxygen atoms in total. The highest BCUT2D eigenvalue weighted by atomic mass is 16.5. The average molecular weight is 252 g/mol. The van der Waals surface area contributed by atoms with Crippen LogP contribution < -0.4 is 10.6 Å². The Labute approximate surface area is 107 Å². The van der Waals surface area contributed by atoms with Crippen molar-refractivity contribution in [2.24, 2.45) is 0 Å². The molecule has 0 radical (unpaired) electrons. The molecule has 1 saturated heterocycles. The molecule has 2 atom stereocenters. The van der Waals surface area contributed by atoms with Crippen LogP contribution in [-0.4, -0.2) is 47.5 Å². The predicted octanol–water partition coefficient (Wildman–Crippen LogP) is -0.234. The minimum absolute atomic E-state index is 0.0534. The van der Waals surface area contributed by atoms with Gasteiger partial charge >= 0.3 is 0 Å². The number of hydrogen-bond donors (Lipinski definition) is 2. The number of nitrogens with zero attached hydrogens (tertiary/aromatic N) is 2. The van der Waals surface area contributed by atoms with Crippen molar-refractivity contribution in [1.82, 2.24) is 20.4 Å². The lowest BCUT2D eigenvalue weighted by Gasteiger charge is -2.24. The third-order valence-electron chi connectivity index (χ3n) is 2.86. The maximum atomic E-state index is 11.8. The van der Waals surface area contributed by atoms with Gasteiger partial charge in [-0.25, -0.2) is 0 Å². The Morgan fingerprint density at radius 1 is 1.72 bits per heavy atom. The fourth-order valence-corrected chi connectivity index (χ4v) is 2.04. The van der Waals surface area contributed by atoms with Gasteiger partial charge in [0.05, 0.1) is 19.8 Å². The van der Waals surface area contributed by atoms with E-state index in [1.165, 1.54) is 0 Å². The number of rotatable bonds is 5. The highest BCUT2D eigenvalue weighted by Crippen LogP contribution is 1.99. The quantitative estimate of drug-likeness (QED) is 0.759. The Hall–Kier alpha value is -1.40.